The molecule has 2 aromatic heterocycles. The molecule has 1 fully saturated rings. The molecule has 26 heavy (non-hydrogen) atoms. The number of hydrogen-bond donors (Lipinski definition) is 0. The summed E-state index contributed by atoms with van der Waals surface area (Å²) in [7, 11) is 0. The van der Waals surface area contributed by atoms with Gasteiger partial charge in [0.25, 0.3) is 0 Å². The van der Waals surface area contributed by atoms with E-state index in [4.69, 9.17) is 0 Å². The minimum Gasteiger partial charge on any atom is -0.356 e. The normalized spacial score (nSPS) is 18.1. The van der Waals surface area contributed by atoms with Gasteiger partial charge in [0.15, 0.2) is 5.16 Å². The van der Waals surface area contributed by atoms with Gasteiger partial charge in [0.2, 0.25) is 5.91 Å². The smallest absolute Gasteiger partial charge is 0.226 e. The summed E-state index contributed by atoms with van der Waals surface area (Å²) in [5.41, 5.74) is 2.34. The van der Waals surface area contributed by atoms with Crippen LogP contribution in [0, 0.1) is 12.8 Å². The van der Waals surface area contributed by atoms with Gasteiger partial charge in [-0.3, -0.25) is 4.79 Å². The molecule has 4 rings (SSSR count). The Morgan fingerprint density at radius 2 is 2.08 bits per heavy atom. The molecule has 0 saturated carbocycles. The predicted octanol–water partition coefficient (Wildman–Crippen LogP) is 3.37. The zero-order valence-electron chi connectivity index (χ0n) is 15.3. The zero-order valence-corrected chi connectivity index (χ0v) is 16.9. The summed E-state index contributed by atoms with van der Waals surface area (Å²) in [5, 5.41) is 2.96. The molecule has 0 atom stereocenters. The molecule has 0 aromatic carbocycles. The molecule has 0 N–H and O–H groups in total. The molecule has 2 aliphatic heterocycles. The molecule has 7 heteroatoms. The van der Waals surface area contributed by atoms with E-state index in [1.165, 1.54) is 10.4 Å². The number of nitrogens with zero attached hydrogens (tertiary/aromatic N) is 4. The van der Waals surface area contributed by atoms with Gasteiger partial charge >= 0.3 is 0 Å². The van der Waals surface area contributed by atoms with Crippen molar-refractivity contribution in [1.29, 1.82) is 0 Å². The number of piperidine rings is 1. The van der Waals surface area contributed by atoms with Crippen LogP contribution in [0.2, 0.25) is 0 Å². The highest BCUT2D eigenvalue weighted by molar-refractivity contribution is 7.98. The quantitative estimate of drug-likeness (QED) is 0.596. The van der Waals surface area contributed by atoms with Crippen LogP contribution in [0.15, 0.2) is 22.7 Å². The maximum Gasteiger partial charge on any atom is 0.226 e. The second-order valence-electron chi connectivity index (χ2n) is 6.99. The molecule has 0 unspecified atom stereocenters. The number of fused-ring (bicyclic) bond motifs is 1. The molecule has 0 radical (unpaired) electrons. The average molecular weight is 389 g/mol. The van der Waals surface area contributed by atoms with Crippen LogP contribution in [0.25, 0.3) is 0 Å². The Balaban J connectivity index is 1.38. The third-order valence-corrected chi connectivity index (χ3v) is 6.86. The zero-order chi connectivity index (χ0) is 18.1. The Kier molecular flexibility index (Phi) is 5.18. The van der Waals surface area contributed by atoms with Crippen molar-refractivity contribution >= 4 is 34.8 Å². The summed E-state index contributed by atoms with van der Waals surface area (Å²) < 4.78 is 0. The van der Waals surface area contributed by atoms with Gasteiger partial charge in [-0.1, -0.05) is 11.8 Å². The lowest BCUT2D eigenvalue weighted by atomic mass is 9.94. The number of aryl methyl sites for hydroxylation is 1. The van der Waals surface area contributed by atoms with Gasteiger partial charge in [0.05, 0.1) is 0 Å². The largest absolute Gasteiger partial charge is 0.356 e. The van der Waals surface area contributed by atoms with E-state index in [0.29, 0.717) is 5.91 Å². The summed E-state index contributed by atoms with van der Waals surface area (Å²) in [5.74, 6) is 1.48. The van der Waals surface area contributed by atoms with Gasteiger partial charge in [-0.2, -0.15) is 0 Å². The van der Waals surface area contributed by atoms with Gasteiger partial charge < -0.3 is 9.80 Å². The number of carbonyl (C=O) groups excluding carboxylic acids is 1. The topological polar surface area (TPSA) is 49.3 Å². The Labute approximate surface area is 162 Å². The first-order valence-electron chi connectivity index (χ1n) is 9.12. The Morgan fingerprint density at radius 3 is 2.85 bits per heavy atom. The van der Waals surface area contributed by atoms with E-state index in [0.717, 1.165) is 62.1 Å². The number of rotatable bonds is 3. The minimum absolute atomic E-state index is 0.148. The number of carbonyl (C=O) groups is 1. The molecule has 0 spiro atoms. The van der Waals surface area contributed by atoms with Crippen molar-refractivity contribution in [2.75, 3.05) is 30.8 Å². The van der Waals surface area contributed by atoms with Crippen molar-refractivity contribution in [3.63, 3.8) is 0 Å². The van der Waals surface area contributed by atoms with Gasteiger partial charge in [0, 0.05) is 48.7 Å². The van der Waals surface area contributed by atoms with E-state index in [1.54, 1.807) is 11.8 Å². The van der Waals surface area contributed by atoms with E-state index < -0.39 is 0 Å². The first-order chi connectivity index (χ1) is 12.6. The summed E-state index contributed by atoms with van der Waals surface area (Å²) >= 11 is 3.39. The minimum atomic E-state index is 0.148. The van der Waals surface area contributed by atoms with Gasteiger partial charge in [0.1, 0.15) is 5.82 Å². The fraction of sp³-hybridized carbons (Fsp3) is 0.526. The van der Waals surface area contributed by atoms with Gasteiger partial charge in [-0.25, -0.2) is 9.97 Å². The highest BCUT2D eigenvalue weighted by Gasteiger charge is 2.31. The summed E-state index contributed by atoms with van der Waals surface area (Å²) in [6.45, 7) is 5.45. The molecular weight excluding hydrogens is 364 g/mol. The van der Waals surface area contributed by atoms with Crippen molar-refractivity contribution in [2.24, 2.45) is 5.92 Å². The van der Waals surface area contributed by atoms with Crippen molar-refractivity contribution in [3.05, 3.63) is 33.6 Å². The van der Waals surface area contributed by atoms with E-state index >= 15 is 0 Å². The molecule has 5 nitrogen and oxygen atoms in total. The van der Waals surface area contributed by atoms with Crippen LogP contribution < -0.4 is 4.90 Å². The number of thioether (sulfide) groups is 1. The first-order valence-corrected chi connectivity index (χ1v) is 11.2. The predicted molar refractivity (Wildman–Crippen MR) is 107 cm³/mol. The number of amides is 1. The average Bonchev–Trinajstić information content (AvgIpc) is 3.14. The number of hydrogen-bond acceptors (Lipinski definition) is 6. The first kappa shape index (κ1) is 17.8. The molecule has 0 aliphatic carbocycles. The molecular formula is C19H24N4OS2. The Bertz CT molecular complexity index is 799. The maximum absolute atomic E-state index is 13.0. The van der Waals surface area contributed by atoms with Crippen molar-refractivity contribution in [3.8, 4) is 0 Å². The van der Waals surface area contributed by atoms with Crippen LogP contribution in [0.4, 0.5) is 5.82 Å². The van der Waals surface area contributed by atoms with Crippen molar-refractivity contribution < 1.29 is 4.79 Å². The maximum atomic E-state index is 13.0. The molecule has 4 heterocycles. The number of anilines is 1. The monoisotopic (exact) mass is 388 g/mol. The number of thiophene rings is 1. The van der Waals surface area contributed by atoms with E-state index in [9.17, 15) is 4.79 Å². The second kappa shape index (κ2) is 7.56. The van der Waals surface area contributed by atoms with Crippen LogP contribution in [0.1, 0.15) is 29.0 Å². The van der Waals surface area contributed by atoms with E-state index in [-0.39, 0.29) is 5.92 Å². The molecule has 0 bridgehead atoms. The van der Waals surface area contributed by atoms with Gasteiger partial charge in [-0.05, 0) is 49.5 Å². The van der Waals surface area contributed by atoms with Crippen LogP contribution in [-0.2, 0) is 17.8 Å². The van der Waals surface area contributed by atoms with Crippen LogP contribution in [-0.4, -0.2) is 46.7 Å². The van der Waals surface area contributed by atoms with E-state index in [2.05, 4.69) is 31.2 Å². The SMILES string of the molecule is CSc1nc(C)cc(N2CCC(C(=O)N3CCc4sccc4C3)CC2)n1. The van der Waals surface area contributed by atoms with Crippen LogP contribution in [0.5, 0.6) is 0 Å². The Morgan fingerprint density at radius 1 is 1.27 bits per heavy atom. The summed E-state index contributed by atoms with van der Waals surface area (Å²) in [4.78, 5) is 27.8. The fourth-order valence-electron chi connectivity index (χ4n) is 3.83. The molecule has 2 aromatic rings. The Hall–Kier alpha value is -1.60. The van der Waals surface area contributed by atoms with Crippen molar-refractivity contribution in [1.82, 2.24) is 14.9 Å². The lowest BCUT2D eigenvalue weighted by Crippen LogP contribution is -2.44. The fourth-order valence-corrected chi connectivity index (χ4v) is 5.14. The molecule has 2 aliphatic rings. The number of aromatic nitrogens is 2. The third-order valence-electron chi connectivity index (χ3n) is 5.29. The molecule has 1 amide bonds. The van der Waals surface area contributed by atoms with Crippen LogP contribution >= 0.6 is 23.1 Å². The van der Waals surface area contributed by atoms with Crippen LogP contribution in [0.3, 0.4) is 0 Å². The lowest BCUT2D eigenvalue weighted by molar-refractivity contribution is -0.137. The second-order valence-corrected chi connectivity index (χ2v) is 8.77. The van der Waals surface area contributed by atoms with Crippen molar-refractivity contribution in [2.45, 2.75) is 37.9 Å². The summed E-state index contributed by atoms with van der Waals surface area (Å²) in [6.07, 6.45) is 4.82. The highest BCUT2D eigenvalue weighted by Crippen LogP contribution is 2.29. The third kappa shape index (κ3) is 3.60. The van der Waals surface area contributed by atoms with E-state index in [1.807, 2.05) is 30.6 Å². The van der Waals surface area contributed by atoms with Gasteiger partial charge in [-0.15, -0.1) is 11.3 Å². The molecule has 138 valence electrons. The summed E-state index contributed by atoms with van der Waals surface area (Å²) in [6, 6.07) is 4.22. The standard InChI is InChI=1S/C19H24N4OS2/c1-13-11-17(21-19(20-13)25-2)22-7-3-14(4-8-22)18(24)23-9-5-16-15(12-23)6-10-26-16/h6,10-11,14H,3-5,7-9,12H2,1-2H3. The highest BCUT2D eigenvalue weighted by atomic mass is 32.2. The lowest BCUT2D eigenvalue weighted by Gasteiger charge is -2.36. The molecule has 1 saturated heterocycles.